The Balaban J connectivity index is 2.29. The summed E-state index contributed by atoms with van der Waals surface area (Å²) in [6, 6.07) is 13.9. The van der Waals surface area contributed by atoms with E-state index in [0.29, 0.717) is 27.7 Å². The number of nitrogens with two attached hydrogens (primary N) is 1. The van der Waals surface area contributed by atoms with E-state index < -0.39 is 0 Å². The van der Waals surface area contributed by atoms with Crippen molar-refractivity contribution in [3.05, 3.63) is 59.4 Å². The summed E-state index contributed by atoms with van der Waals surface area (Å²) in [4.78, 5) is 0. The number of nitrogen functional groups attached to an aromatic ring is 1. The monoisotopic (exact) mass is 301 g/mol. The highest BCUT2D eigenvalue weighted by Gasteiger charge is 2.19. The van der Waals surface area contributed by atoms with Crippen LogP contribution in [0, 0.1) is 5.82 Å². The van der Waals surface area contributed by atoms with Gasteiger partial charge in [0.05, 0.1) is 5.56 Å². The van der Waals surface area contributed by atoms with Gasteiger partial charge < -0.3 is 5.73 Å². The fourth-order valence-corrected chi connectivity index (χ4v) is 2.47. The maximum Gasteiger partial charge on any atom is 0.132 e. The largest absolute Gasteiger partial charge is 0.383 e. The number of hydrogen-bond acceptors (Lipinski definition) is 2. The maximum absolute atomic E-state index is 14.1. The first-order chi connectivity index (χ1) is 10.1. The van der Waals surface area contributed by atoms with E-state index in [1.54, 1.807) is 13.1 Å². The summed E-state index contributed by atoms with van der Waals surface area (Å²) in [5.41, 5.74) is 8.53. The number of anilines is 1. The van der Waals surface area contributed by atoms with Gasteiger partial charge in [-0.15, -0.1) is 0 Å². The van der Waals surface area contributed by atoms with Crippen LogP contribution >= 0.6 is 11.6 Å². The molecule has 0 aliphatic heterocycles. The Morgan fingerprint density at radius 3 is 2.57 bits per heavy atom. The second-order valence-electron chi connectivity index (χ2n) is 4.72. The Hall–Kier alpha value is -2.33. The molecule has 0 spiro atoms. The fourth-order valence-electron chi connectivity index (χ4n) is 2.29. The molecule has 0 aliphatic carbocycles. The van der Waals surface area contributed by atoms with Crippen LogP contribution in [0.25, 0.3) is 22.4 Å². The molecule has 1 heterocycles. The predicted octanol–water partition coefficient (Wildman–Crippen LogP) is 4.13. The van der Waals surface area contributed by atoms with E-state index >= 15 is 0 Å². The van der Waals surface area contributed by atoms with Crippen molar-refractivity contribution in [2.24, 2.45) is 7.05 Å². The van der Waals surface area contributed by atoms with Crippen LogP contribution in [0.1, 0.15) is 0 Å². The number of rotatable bonds is 2. The highest BCUT2D eigenvalue weighted by molar-refractivity contribution is 6.30. The third-order valence-electron chi connectivity index (χ3n) is 3.34. The zero-order valence-corrected chi connectivity index (χ0v) is 12.1. The summed E-state index contributed by atoms with van der Waals surface area (Å²) in [5, 5.41) is 4.81. The smallest absolute Gasteiger partial charge is 0.132 e. The lowest BCUT2D eigenvalue weighted by molar-refractivity contribution is 0.630. The number of halogens is 2. The Bertz CT molecular complexity index is 797. The Morgan fingerprint density at radius 2 is 1.86 bits per heavy atom. The molecule has 0 atom stereocenters. The van der Waals surface area contributed by atoms with Crippen LogP contribution < -0.4 is 5.73 Å². The molecule has 0 aliphatic rings. The Kier molecular flexibility index (Phi) is 3.39. The van der Waals surface area contributed by atoms with Crippen LogP contribution in [-0.2, 0) is 7.05 Å². The highest BCUT2D eigenvalue weighted by Crippen LogP contribution is 2.37. The van der Waals surface area contributed by atoms with Crippen molar-refractivity contribution >= 4 is 17.4 Å². The molecule has 0 radical (unpaired) electrons. The highest BCUT2D eigenvalue weighted by atomic mass is 35.5. The molecule has 106 valence electrons. The summed E-state index contributed by atoms with van der Waals surface area (Å²) in [7, 11) is 1.73. The van der Waals surface area contributed by atoms with E-state index in [1.807, 2.05) is 30.3 Å². The lowest BCUT2D eigenvalue weighted by Crippen LogP contribution is -1.97. The topological polar surface area (TPSA) is 43.8 Å². The van der Waals surface area contributed by atoms with E-state index in [9.17, 15) is 4.39 Å². The van der Waals surface area contributed by atoms with Gasteiger partial charge in [-0.25, -0.2) is 4.39 Å². The van der Waals surface area contributed by atoms with Gasteiger partial charge in [0.1, 0.15) is 17.3 Å². The Labute approximate surface area is 126 Å². The van der Waals surface area contributed by atoms with Gasteiger partial charge in [0.15, 0.2) is 0 Å². The molecule has 3 aromatic rings. The van der Waals surface area contributed by atoms with Crippen LogP contribution in [0.5, 0.6) is 0 Å². The molecule has 2 aromatic carbocycles. The zero-order valence-electron chi connectivity index (χ0n) is 11.3. The van der Waals surface area contributed by atoms with Crippen molar-refractivity contribution in [1.29, 1.82) is 0 Å². The molecule has 0 fully saturated rings. The minimum absolute atomic E-state index is 0.341. The molecule has 0 saturated heterocycles. The van der Waals surface area contributed by atoms with Gasteiger partial charge in [-0.1, -0.05) is 41.9 Å². The van der Waals surface area contributed by atoms with Crippen LogP contribution in [0.4, 0.5) is 10.2 Å². The predicted molar refractivity (Wildman–Crippen MR) is 83.5 cm³/mol. The van der Waals surface area contributed by atoms with Gasteiger partial charge >= 0.3 is 0 Å². The van der Waals surface area contributed by atoms with Gasteiger partial charge in [-0.05, 0) is 23.8 Å². The zero-order chi connectivity index (χ0) is 15.0. The number of nitrogens with zero attached hydrogens (tertiary/aromatic N) is 2. The molecule has 0 saturated carbocycles. The number of benzene rings is 2. The quantitative estimate of drug-likeness (QED) is 0.773. The van der Waals surface area contributed by atoms with Crippen molar-refractivity contribution in [2.45, 2.75) is 0 Å². The second-order valence-corrected chi connectivity index (χ2v) is 5.16. The fraction of sp³-hybridized carbons (Fsp3) is 0.0625. The molecule has 0 bridgehead atoms. The van der Waals surface area contributed by atoms with Crippen LogP contribution in [-0.4, -0.2) is 9.78 Å². The lowest BCUT2D eigenvalue weighted by atomic mass is 10.0. The van der Waals surface area contributed by atoms with E-state index in [-0.39, 0.29) is 5.82 Å². The van der Waals surface area contributed by atoms with Crippen molar-refractivity contribution in [3.63, 3.8) is 0 Å². The summed E-state index contributed by atoms with van der Waals surface area (Å²) in [5.74, 6) is 0.102. The Morgan fingerprint density at radius 1 is 1.14 bits per heavy atom. The summed E-state index contributed by atoms with van der Waals surface area (Å²) in [6.45, 7) is 0. The first-order valence-electron chi connectivity index (χ1n) is 6.41. The second kappa shape index (κ2) is 5.22. The minimum atomic E-state index is -0.380. The van der Waals surface area contributed by atoms with Crippen molar-refractivity contribution in [3.8, 4) is 22.4 Å². The SMILES string of the molecule is Cn1nc(-c2cc(Cl)ccc2F)c(-c2ccccc2)c1N. The van der Waals surface area contributed by atoms with E-state index in [2.05, 4.69) is 5.10 Å². The number of aryl methyl sites for hydroxylation is 1. The van der Waals surface area contributed by atoms with Crippen LogP contribution in [0.15, 0.2) is 48.5 Å². The normalized spacial score (nSPS) is 10.8. The molecule has 0 unspecified atom stereocenters. The van der Waals surface area contributed by atoms with Crippen LogP contribution in [0.3, 0.4) is 0 Å². The molecule has 2 N–H and O–H groups in total. The van der Waals surface area contributed by atoms with Gasteiger partial charge in [-0.2, -0.15) is 5.10 Å². The number of hydrogen-bond donors (Lipinski definition) is 1. The van der Waals surface area contributed by atoms with E-state index in [0.717, 1.165) is 5.56 Å². The van der Waals surface area contributed by atoms with Gasteiger partial charge in [0, 0.05) is 17.6 Å². The van der Waals surface area contributed by atoms with Gasteiger partial charge in [0.2, 0.25) is 0 Å². The molecule has 3 nitrogen and oxygen atoms in total. The number of aromatic nitrogens is 2. The van der Waals surface area contributed by atoms with E-state index in [1.165, 1.54) is 16.8 Å². The van der Waals surface area contributed by atoms with Crippen molar-refractivity contribution in [2.75, 3.05) is 5.73 Å². The summed E-state index contributed by atoms with van der Waals surface area (Å²) >= 11 is 5.98. The molecule has 1 aromatic heterocycles. The molecule has 21 heavy (non-hydrogen) atoms. The lowest BCUT2D eigenvalue weighted by Gasteiger charge is -2.05. The third kappa shape index (κ3) is 2.38. The first kappa shape index (κ1) is 13.6. The first-order valence-corrected chi connectivity index (χ1v) is 6.79. The standard InChI is InChI=1S/C16H13ClFN3/c1-21-16(19)14(10-5-3-2-4-6-10)15(20-21)12-9-11(17)7-8-13(12)18/h2-9H,19H2,1H3. The third-order valence-corrected chi connectivity index (χ3v) is 3.57. The average Bonchev–Trinajstić information content (AvgIpc) is 2.78. The molecular weight excluding hydrogens is 289 g/mol. The molecule has 3 rings (SSSR count). The van der Waals surface area contributed by atoms with Gasteiger partial charge in [-0.3, -0.25) is 4.68 Å². The van der Waals surface area contributed by atoms with Crippen LogP contribution in [0.2, 0.25) is 5.02 Å². The molecule has 5 heteroatoms. The van der Waals surface area contributed by atoms with Crippen molar-refractivity contribution in [1.82, 2.24) is 9.78 Å². The van der Waals surface area contributed by atoms with Gasteiger partial charge in [0.25, 0.3) is 0 Å². The average molecular weight is 302 g/mol. The van der Waals surface area contributed by atoms with Crippen molar-refractivity contribution < 1.29 is 4.39 Å². The maximum atomic E-state index is 14.1. The summed E-state index contributed by atoms with van der Waals surface area (Å²) in [6.07, 6.45) is 0. The molecule has 0 amide bonds. The summed E-state index contributed by atoms with van der Waals surface area (Å²) < 4.78 is 15.7. The molecular formula is C16H13ClFN3. The van der Waals surface area contributed by atoms with E-state index in [4.69, 9.17) is 17.3 Å². The minimum Gasteiger partial charge on any atom is -0.383 e.